The van der Waals surface area contributed by atoms with Crippen molar-refractivity contribution >= 4 is 23.3 Å². The van der Waals surface area contributed by atoms with E-state index in [1.165, 1.54) is 18.3 Å². The molecule has 1 N–H and O–H groups in total. The number of carbonyl (C=O) groups excluding carboxylic acids is 1. The zero-order chi connectivity index (χ0) is 18.1. The standard InChI is InChI=1S/C13H6ClF6N3O/c14-7-2-1-3-21-10(7)11(24)23-9-5-6(12(15,16)17)4-8(22-9)13(18,19)20/h1-5H,(H,22,23,24). The van der Waals surface area contributed by atoms with Crippen LogP contribution in [0.2, 0.25) is 5.02 Å². The van der Waals surface area contributed by atoms with Crippen molar-refractivity contribution in [2.75, 3.05) is 5.32 Å². The van der Waals surface area contributed by atoms with E-state index in [1.54, 1.807) is 0 Å². The van der Waals surface area contributed by atoms with E-state index >= 15 is 0 Å². The van der Waals surface area contributed by atoms with Gasteiger partial charge in [-0.05, 0) is 24.3 Å². The maximum absolute atomic E-state index is 12.7. The summed E-state index contributed by atoms with van der Waals surface area (Å²) in [5.74, 6) is -2.02. The molecule has 4 nitrogen and oxygen atoms in total. The number of hydrogen-bond donors (Lipinski definition) is 1. The Balaban J connectivity index is 2.43. The highest BCUT2D eigenvalue weighted by Crippen LogP contribution is 2.35. The number of aromatic nitrogens is 2. The molecule has 0 aliphatic rings. The maximum atomic E-state index is 12.7. The van der Waals surface area contributed by atoms with Crippen molar-refractivity contribution in [1.29, 1.82) is 0 Å². The highest BCUT2D eigenvalue weighted by atomic mass is 35.5. The Morgan fingerprint density at radius 1 is 1.08 bits per heavy atom. The molecule has 0 saturated heterocycles. The van der Waals surface area contributed by atoms with Crippen molar-refractivity contribution < 1.29 is 31.1 Å². The van der Waals surface area contributed by atoms with Gasteiger partial charge in [0, 0.05) is 6.20 Å². The first-order chi connectivity index (χ1) is 11.0. The summed E-state index contributed by atoms with van der Waals surface area (Å²) in [7, 11) is 0. The molecule has 0 aliphatic carbocycles. The lowest BCUT2D eigenvalue weighted by Gasteiger charge is -2.13. The van der Waals surface area contributed by atoms with Gasteiger partial charge in [-0.2, -0.15) is 26.3 Å². The van der Waals surface area contributed by atoms with Crippen LogP contribution >= 0.6 is 11.6 Å². The van der Waals surface area contributed by atoms with Gasteiger partial charge in [0.2, 0.25) is 0 Å². The van der Waals surface area contributed by atoms with Crippen LogP contribution in [-0.4, -0.2) is 15.9 Å². The van der Waals surface area contributed by atoms with E-state index in [0.717, 1.165) is 0 Å². The van der Waals surface area contributed by atoms with Gasteiger partial charge in [0.1, 0.15) is 17.2 Å². The summed E-state index contributed by atoms with van der Waals surface area (Å²) < 4.78 is 76.2. The molecule has 0 fully saturated rings. The number of rotatable bonds is 2. The number of carbonyl (C=O) groups is 1. The monoisotopic (exact) mass is 369 g/mol. The minimum absolute atomic E-state index is 0.127. The highest BCUT2D eigenvalue weighted by molar-refractivity contribution is 6.34. The van der Waals surface area contributed by atoms with Crippen molar-refractivity contribution in [2.45, 2.75) is 12.4 Å². The second kappa shape index (κ2) is 6.27. The second-order valence-electron chi connectivity index (χ2n) is 4.41. The van der Waals surface area contributed by atoms with E-state index in [2.05, 4.69) is 9.97 Å². The summed E-state index contributed by atoms with van der Waals surface area (Å²) in [6, 6.07) is 2.81. The third kappa shape index (κ3) is 4.13. The number of hydrogen-bond acceptors (Lipinski definition) is 3. The molecule has 0 aliphatic heterocycles. The Morgan fingerprint density at radius 3 is 2.29 bits per heavy atom. The van der Waals surface area contributed by atoms with Crippen molar-refractivity contribution in [2.24, 2.45) is 0 Å². The zero-order valence-corrected chi connectivity index (χ0v) is 12.1. The quantitative estimate of drug-likeness (QED) is 0.797. The predicted molar refractivity (Wildman–Crippen MR) is 71.4 cm³/mol. The fourth-order valence-electron chi connectivity index (χ4n) is 1.63. The van der Waals surface area contributed by atoms with Crippen LogP contribution in [0, 0.1) is 0 Å². The third-order valence-corrected chi connectivity index (χ3v) is 2.96. The molecule has 0 bridgehead atoms. The van der Waals surface area contributed by atoms with Crippen LogP contribution in [0.25, 0.3) is 0 Å². The third-order valence-electron chi connectivity index (χ3n) is 2.66. The lowest BCUT2D eigenvalue weighted by atomic mass is 10.2. The molecule has 2 aromatic heterocycles. The van der Waals surface area contributed by atoms with E-state index in [4.69, 9.17) is 11.6 Å². The molecule has 2 aromatic rings. The number of nitrogens with zero attached hydrogens (tertiary/aromatic N) is 2. The van der Waals surface area contributed by atoms with Crippen molar-refractivity contribution in [1.82, 2.24) is 9.97 Å². The SMILES string of the molecule is O=C(Nc1cc(C(F)(F)F)cc(C(F)(F)F)n1)c1ncccc1Cl. The van der Waals surface area contributed by atoms with Crippen molar-refractivity contribution in [3.63, 3.8) is 0 Å². The Hall–Kier alpha value is -2.36. The van der Waals surface area contributed by atoms with Crippen LogP contribution in [0.1, 0.15) is 21.7 Å². The zero-order valence-electron chi connectivity index (χ0n) is 11.3. The van der Waals surface area contributed by atoms with Gasteiger partial charge in [0.15, 0.2) is 0 Å². The molecule has 0 saturated carbocycles. The van der Waals surface area contributed by atoms with Gasteiger partial charge in [-0.15, -0.1) is 0 Å². The fourth-order valence-corrected chi connectivity index (χ4v) is 1.84. The van der Waals surface area contributed by atoms with Crippen LogP contribution in [0.15, 0.2) is 30.5 Å². The number of anilines is 1. The van der Waals surface area contributed by atoms with E-state index in [-0.39, 0.29) is 22.8 Å². The Bertz CT molecular complexity index is 743. The van der Waals surface area contributed by atoms with Gasteiger partial charge < -0.3 is 5.32 Å². The minimum Gasteiger partial charge on any atom is -0.305 e. The summed E-state index contributed by atoms with van der Waals surface area (Å²) in [6.45, 7) is 0. The van der Waals surface area contributed by atoms with Gasteiger partial charge in [0.05, 0.1) is 10.6 Å². The van der Waals surface area contributed by atoms with Crippen LogP contribution in [0.5, 0.6) is 0 Å². The van der Waals surface area contributed by atoms with E-state index in [1.807, 2.05) is 5.32 Å². The Kier molecular flexibility index (Phi) is 4.70. The molecule has 1 amide bonds. The Labute approximate surface area is 135 Å². The topological polar surface area (TPSA) is 54.9 Å². The van der Waals surface area contributed by atoms with Crippen LogP contribution in [-0.2, 0) is 12.4 Å². The number of nitrogens with one attached hydrogen (secondary N) is 1. The molecule has 0 spiro atoms. The van der Waals surface area contributed by atoms with Crippen molar-refractivity contribution in [3.05, 3.63) is 52.4 Å². The van der Waals surface area contributed by atoms with Gasteiger partial charge in [-0.3, -0.25) is 4.79 Å². The normalized spacial score (nSPS) is 12.1. The lowest BCUT2D eigenvalue weighted by Crippen LogP contribution is -2.19. The summed E-state index contributed by atoms with van der Waals surface area (Å²) >= 11 is 5.69. The fraction of sp³-hybridized carbons (Fsp3) is 0.154. The van der Waals surface area contributed by atoms with Crippen LogP contribution in [0.4, 0.5) is 32.2 Å². The predicted octanol–water partition coefficient (Wildman–Crippen LogP) is 4.42. The van der Waals surface area contributed by atoms with Gasteiger partial charge in [0.25, 0.3) is 5.91 Å². The van der Waals surface area contributed by atoms with Gasteiger partial charge in [-0.25, -0.2) is 9.97 Å². The lowest BCUT2D eigenvalue weighted by molar-refractivity contribution is -0.145. The molecule has 128 valence electrons. The summed E-state index contributed by atoms with van der Waals surface area (Å²) in [5, 5.41) is 1.70. The van der Waals surface area contributed by atoms with Gasteiger partial charge in [-0.1, -0.05) is 11.6 Å². The smallest absolute Gasteiger partial charge is 0.305 e. The molecule has 0 radical (unpaired) electrons. The summed E-state index contributed by atoms with van der Waals surface area (Å²) in [6.07, 6.45) is -8.99. The molecule has 0 atom stereocenters. The molecule has 11 heteroatoms. The number of alkyl halides is 6. The molecular formula is C13H6ClF6N3O. The van der Waals surface area contributed by atoms with Crippen LogP contribution in [0.3, 0.4) is 0 Å². The largest absolute Gasteiger partial charge is 0.433 e. The molecule has 2 rings (SSSR count). The van der Waals surface area contributed by atoms with Crippen LogP contribution < -0.4 is 5.32 Å². The first-order valence-electron chi connectivity index (χ1n) is 6.07. The molecule has 0 aromatic carbocycles. The van der Waals surface area contributed by atoms with E-state index in [9.17, 15) is 31.1 Å². The molecular weight excluding hydrogens is 364 g/mol. The summed E-state index contributed by atoms with van der Waals surface area (Å²) in [5.41, 5.74) is -3.76. The highest BCUT2D eigenvalue weighted by Gasteiger charge is 2.38. The van der Waals surface area contributed by atoms with E-state index in [0.29, 0.717) is 0 Å². The first-order valence-corrected chi connectivity index (χ1v) is 6.44. The number of pyridine rings is 2. The Morgan fingerprint density at radius 2 is 1.75 bits per heavy atom. The molecule has 24 heavy (non-hydrogen) atoms. The average Bonchev–Trinajstić information content (AvgIpc) is 2.45. The van der Waals surface area contributed by atoms with Crippen molar-refractivity contribution in [3.8, 4) is 0 Å². The second-order valence-corrected chi connectivity index (χ2v) is 4.82. The summed E-state index contributed by atoms with van der Waals surface area (Å²) in [4.78, 5) is 18.5. The maximum Gasteiger partial charge on any atom is 0.433 e. The van der Waals surface area contributed by atoms with Gasteiger partial charge >= 0.3 is 12.4 Å². The molecule has 2 heterocycles. The van der Waals surface area contributed by atoms with E-state index < -0.39 is 35.3 Å². The molecule has 0 unspecified atom stereocenters. The minimum atomic E-state index is -5.12. The number of amides is 1. The average molecular weight is 370 g/mol. The number of halogens is 7. The first kappa shape index (κ1) is 18.0.